The van der Waals surface area contributed by atoms with Crippen LogP contribution in [0.2, 0.25) is 0 Å². The van der Waals surface area contributed by atoms with E-state index in [4.69, 9.17) is 4.52 Å². The number of aromatic nitrogens is 1. The Morgan fingerprint density at radius 3 is 3.00 bits per heavy atom. The van der Waals surface area contributed by atoms with Gasteiger partial charge in [0, 0.05) is 19.5 Å². The molecule has 0 aliphatic carbocycles. The minimum atomic E-state index is 0.0762. The van der Waals surface area contributed by atoms with Crippen molar-refractivity contribution in [1.29, 1.82) is 0 Å². The third-order valence-electron chi connectivity index (χ3n) is 2.01. The molecule has 0 fully saturated rings. The summed E-state index contributed by atoms with van der Waals surface area (Å²) in [5.41, 5.74) is 0.886. The molecule has 0 aliphatic heterocycles. The first-order valence-corrected chi connectivity index (χ1v) is 5.06. The first-order chi connectivity index (χ1) is 7.22. The van der Waals surface area contributed by atoms with Gasteiger partial charge in [-0.15, -0.1) is 0 Å². The molecule has 5 nitrogen and oxygen atoms in total. The molecule has 84 valence electrons. The molecule has 0 radical (unpaired) electrons. The van der Waals surface area contributed by atoms with Gasteiger partial charge in [0.2, 0.25) is 5.91 Å². The summed E-state index contributed by atoms with van der Waals surface area (Å²) in [5.74, 6) is 0.903. The van der Waals surface area contributed by atoms with Gasteiger partial charge in [0.25, 0.3) is 0 Å². The lowest BCUT2D eigenvalue weighted by molar-refractivity contribution is -0.120. The number of hydrogen-bond acceptors (Lipinski definition) is 4. The van der Waals surface area contributed by atoms with Gasteiger partial charge >= 0.3 is 0 Å². The molecule has 0 aliphatic rings. The van der Waals surface area contributed by atoms with Crippen molar-refractivity contribution in [2.75, 3.05) is 13.6 Å². The van der Waals surface area contributed by atoms with E-state index in [1.165, 1.54) is 0 Å². The monoisotopic (exact) mass is 211 g/mol. The van der Waals surface area contributed by atoms with E-state index in [1.807, 2.05) is 13.0 Å². The summed E-state index contributed by atoms with van der Waals surface area (Å²) in [5, 5.41) is 9.54. The summed E-state index contributed by atoms with van der Waals surface area (Å²) in [7, 11) is 1.65. The van der Waals surface area contributed by atoms with Crippen molar-refractivity contribution in [2.45, 2.75) is 26.3 Å². The second kappa shape index (κ2) is 6.19. The zero-order chi connectivity index (χ0) is 11.1. The average Bonchev–Trinajstić information content (AvgIpc) is 2.63. The van der Waals surface area contributed by atoms with Crippen molar-refractivity contribution in [2.24, 2.45) is 0 Å². The molecule has 0 saturated carbocycles. The Labute approximate surface area is 89.2 Å². The number of hydrogen-bond donors (Lipinski definition) is 2. The van der Waals surface area contributed by atoms with Crippen LogP contribution in [0.15, 0.2) is 10.6 Å². The first-order valence-electron chi connectivity index (χ1n) is 5.06. The summed E-state index contributed by atoms with van der Waals surface area (Å²) in [6, 6.07) is 1.89. The summed E-state index contributed by atoms with van der Waals surface area (Å²) >= 11 is 0. The number of aryl methyl sites for hydroxylation is 1. The molecule has 1 aromatic heterocycles. The molecule has 15 heavy (non-hydrogen) atoms. The predicted molar refractivity (Wildman–Crippen MR) is 56.2 cm³/mol. The Morgan fingerprint density at radius 1 is 1.60 bits per heavy atom. The predicted octanol–water partition coefficient (Wildman–Crippen LogP) is 0.599. The highest BCUT2D eigenvalue weighted by Crippen LogP contribution is 2.00. The van der Waals surface area contributed by atoms with Gasteiger partial charge in [-0.05, 0) is 19.9 Å². The van der Waals surface area contributed by atoms with Crippen molar-refractivity contribution in [3.05, 3.63) is 17.5 Å². The largest absolute Gasteiger partial charge is 0.360 e. The fraction of sp³-hybridized carbons (Fsp3) is 0.600. The zero-order valence-corrected chi connectivity index (χ0v) is 9.17. The van der Waals surface area contributed by atoms with Crippen molar-refractivity contribution >= 4 is 5.91 Å². The number of carbonyl (C=O) groups excluding carboxylic acids is 1. The van der Waals surface area contributed by atoms with Gasteiger partial charge in [-0.2, -0.15) is 0 Å². The van der Waals surface area contributed by atoms with Crippen LogP contribution in [0.4, 0.5) is 0 Å². The number of rotatable bonds is 6. The van der Waals surface area contributed by atoms with E-state index < -0.39 is 0 Å². The molecule has 1 rings (SSSR count). The molecular formula is C10H17N3O2. The molecule has 0 atom stereocenters. The van der Waals surface area contributed by atoms with Crippen LogP contribution in [0.25, 0.3) is 0 Å². The quantitative estimate of drug-likeness (QED) is 0.676. The Balaban J connectivity index is 2.05. The van der Waals surface area contributed by atoms with Gasteiger partial charge in [-0.25, -0.2) is 0 Å². The van der Waals surface area contributed by atoms with Crippen LogP contribution >= 0.6 is 0 Å². The van der Waals surface area contributed by atoms with Gasteiger partial charge in [-0.3, -0.25) is 4.79 Å². The molecule has 0 bridgehead atoms. The first kappa shape index (κ1) is 11.7. The second-order valence-electron chi connectivity index (χ2n) is 3.39. The normalized spacial score (nSPS) is 10.3. The van der Waals surface area contributed by atoms with Gasteiger partial charge in [0.15, 0.2) is 5.76 Å². The fourth-order valence-electron chi connectivity index (χ4n) is 1.21. The summed E-state index contributed by atoms with van der Waals surface area (Å²) in [4.78, 5) is 10.9. The maximum absolute atomic E-state index is 10.9. The molecular weight excluding hydrogens is 194 g/mol. The molecule has 0 aromatic carbocycles. The van der Waals surface area contributed by atoms with Crippen LogP contribution in [-0.4, -0.2) is 24.7 Å². The lowest BCUT2D eigenvalue weighted by Crippen LogP contribution is -2.20. The Bertz CT molecular complexity index is 309. The number of nitrogens with one attached hydrogen (secondary N) is 2. The molecule has 1 amide bonds. The fourth-order valence-corrected chi connectivity index (χ4v) is 1.21. The highest BCUT2D eigenvalue weighted by Gasteiger charge is 2.00. The highest BCUT2D eigenvalue weighted by molar-refractivity contribution is 5.75. The van der Waals surface area contributed by atoms with Gasteiger partial charge in [-0.1, -0.05) is 5.16 Å². The lowest BCUT2D eigenvalue weighted by Gasteiger charge is -2.01. The minimum absolute atomic E-state index is 0.0762. The van der Waals surface area contributed by atoms with Crippen molar-refractivity contribution in [1.82, 2.24) is 15.8 Å². The van der Waals surface area contributed by atoms with Crippen LogP contribution in [0.1, 0.15) is 24.3 Å². The third-order valence-corrected chi connectivity index (χ3v) is 2.01. The topological polar surface area (TPSA) is 67.2 Å². The summed E-state index contributed by atoms with van der Waals surface area (Å²) in [6.45, 7) is 3.35. The van der Waals surface area contributed by atoms with Crippen LogP contribution in [-0.2, 0) is 11.3 Å². The van der Waals surface area contributed by atoms with Crippen LogP contribution in [0.5, 0.6) is 0 Å². The highest BCUT2D eigenvalue weighted by atomic mass is 16.5. The third kappa shape index (κ3) is 4.60. The van der Waals surface area contributed by atoms with Gasteiger partial charge in [0.05, 0.1) is 12.2 Å². The molecule has 5 heteroatoms. The maximum Gasteiger partial charge on any atom is 0.219 e. The average molecular weight is 211 g/mol. The lowest BCUT2D eigenvalue weighted by atomic mass is 10.3. The molecule has 1 aromatic rings. The van der Waals surface area contributed by atoms with E-state index in [0.717, 1.165) is 24.4 Å². The van der Waals surface area contributed by atoms with E-state index in [9.17, 15) is 4.79 Å². The van der Waals surface area contributed by atoms with Gasteiger partial charge < -0.3 is 15.2 Å². The maximum atomic E-state index is 10.9. The van der Waals surface area contributed by atoms with E-state index in [2.05, 4.69) is 15.8 Å². The van der Waals surface area contributed by atoms with Crippen LogP contribution in [0.3, 0.4) is 0 Å². The van der Waals surface area contributed by atoms with Crippen molar-refractivity contribution < 1.29 is 9.32 Å². The van der Waals surface area contributed by atoms with Crippen molar-refractivity contribution in [3.8, 4) is 0 Å². The SMILES string of the molecule is CNC(=O)CCCNCc1cc(C)no1. The van der Waals surface area contributed by atoms with Crippen LogP contribution in [0, 0.1) is 6.92 Å². The number of carbonyl (C=O) groups is 1. The van der Waals surface area contributed by atoms with Gasteiger partial charge in [0.1, 0.15) is 0 Å². The molecule has 0 spiro atoms. The van der Waals surface area contributed by atoms with E-state index in [-0.39, 0.29) is 5.91 Å². The zero-order valence-electron chi connectivity index (χ0n) is 9.17. The standard InChI is InChI=1S/C10H17N3O2/c1-8-6-9(15-13-8)7-12-5-3-4-10(14)11-2/h6,12H,3-5,7H2,1-2H3,(H,11,14). The van der Waals surface area contributed by atoms with Crippen LogP contribution < -0.4 is 10.6 Å². The van der Waals surface area contributed by atoms with E-state index in [1.54, 1.807) is 7.05 Å². The van der Waals surface area contributed by atoms with E-state index in [0.29, 0.717) is 13.0 Å². The Hall–Kier alpha value is -1.36. The van der Waals surface area contributed by atoms with E-state index >= 15 is 0 Å². The summed E-state index contributed by atoms with van der Waals surface area (Å²) in [6.07, 6.45) is 1.38. The second-order valence-corrected chi connectivity index (χ2v) is 3.39. The summed E-state index contributed by atoms with van der Waals surface area (Å²) < 4.78 is 5.02. The molecule has 1 heterocycles. The Morgan fingerprint density at radius 2 is 2.40 bits per heavy atom. The smallest absolute Gasteiger partial charge is 0.219 e. The molecule has 2 N–H and O–H groups in total. The molecule has 0 unspecified atom stereocenters. The van der Waals surface area contributed by atoms with Crippen molar-refractivity contribution in [3.63, 3.8) is 0 Å². The molecule has 0 saturated heterocycles. The Kier molecular flexibility index (Phi) is 4.83. The number of nitrogens with zero attached hydrogens (tertiary/aromatic N) is 1. The minimum Gasteiger partial charge on any atom is -0.360 e. The number of amides is 1.